The summed E-state index contributed by atoms with van der Waals surface area (Å²) in [5, 5.41) is 4.91. The first-order chi connectivity index (χ1) is 17.8. The molecule has 0 saturated carbocycles. The Bertz CT molecular complexity index is 904. The van der Waals surface area contributed by atoms with Gasteiger partial charge in [0.1, 0.15) is 12.1 Å². The van der Waals surface area contributed by atoms with E-state index in [0.717, 1.165) is 0 Å². The molecule has 1 N–H and O–H groups in total. The van der Waals surface area contributed by atoms with E-state index in [1.165, 1.54) is 16.2 Å². The average Bonchev–Trinajstić information content (AvgIpc) is 3.58. The number of likely N-dealkylation sites (tertiary alicyclic amines) is 1. The number of ketones is 1. The number of hydrogen-bond donors (Lipinski definition) is 1. The fraction of sp³-hybridized carbons (Fsp3) is 0.654. The second-order valence-corrected chi connectivity index (χ2v) is 9.55. The molecule has 1 saturated heterocycles. The van der Waals surface area contributed by atoms with Gasteiger partial charge in [0.05, 0.1) is 30.7 Å². The Balaban J connectivity index is 2.16. The molecule has 1 aromatic heterocycles. The minimum absolute atomic E-state index is 0.0121. The molecule has 206 valence electrons. The van der Waals surface area contributed by atoms with E-state index in [-0.39, 0.29) is 57.2 Å². The number of Topliss-reactive ketones (excluding diaryl/α,β-unsaturated/α-hetero) is 1. The fourth-order valence-corrected chi connectivity index (χ4v) is 4.96. The van der Waals surface area contributed by atoms with Crippen molar-refractivity contribution in [3.63, 3.8) is 0 Å². The molecule has 1 aliphatic heterocycles. The van der Waals surface area contributed by atoms with Gasteiger partial charge in [0, 0.05) is 19.4 Å². The van der Waals surface area contributed by atoms with E-state index >= 15 is 0 Å². The van der Waals surface area contributed by atoms with Crippen LogP contribution in [0.15, 0.2) is 17.5 Å². The number of thiophene rings is 1. The molecule has 1 unspecified atom stereocenters. The number of hydrogen-bond acceptors (Lipinski definition) is 10. The van der Waals surface area contributed by atoms with Crippen molar-refractivity contribution in [1.82, 2.24) is 10.2 Å². The molecule has 10 nitrogen and oxygen atoms in total. The summed E-state index contributed by atoms with van der Waals surface area (Å²) in [5.74, 6) is -1.86. The number of ether oxygens (including phenoxy) is 3. The smallest absolute Gasteiger partial charge is 0.328 e. The van der Waals surface area contributed by atoms with Gasteiger partial charge in [0.2, 0.25) is 5.91 Å². The summed E-state index contributed by atoms with van der Waals surface area (Å²) in [6.07, 6.45) is 2.08. The van der Waals surface area contributed by atoms with Gasteiger partial charge in [0.15, 0.2) is 5.78 Å². The number of carbonyl (C=O) groups excluding carboxylic acids is 5. The largest absolute Gasteiger partial charge is 0.466 e. The Morgan fingerprint density at radius 3 is 2.38 bits per heavy atom. The minimum atomic E-state index is -0.929. The van der Waals surface area contributed by atoms with Crippen LogP contribution in [-0.2, 0) is 33.4 Å². The molecule has 1 fully saturated rings. The van der Waals surface area contributed by atoms with Crippen LogP contribution in [0.4, 0.5) is 0 Å². The molecule has 0 bridgehead atoms. The van der Waals surface area contributed by atoms with Gasteiger partial charge >= 0.3 is 17.9 Å². The van der Waals surface area contributed by atoms with Crippen molar-refractivity contribution in [2.75, 3.05) is 26.4 Å². The van der Waals surface area contributed by atoms with Crippen LogP contribution in [0, 0.1) is 0 Å². The van der Waals surface area contributed by atoms with E-state index in [4.69, 9.17) is 14.2 Å². The first-order valence-corrected chi connectivity index (χ1v) is 13.8. The number of rotatable bonds is 16. The Morgan fingerprint density at radius 2 is 1.73 bits per heavy atom. The molecule has 37 heavy (non-hydrogen) atoms. The van der Waals surface area contributed by atoms with Gasteiger partial charge in [-0.2, -0.15) is 0 Å². The third-order valence-corrected chi connectivity index (χ3v) is 6.91. The summed E-state index contributed by atoms with van der Waals surface area (Å²) >= 11 is 1.36. The average molecular weight is 539 g/mol. The number of carbonyl (C=O) groups is 5. The van der Waals surface area contributed by atoms with Gasteiger partial charge in [-0.05, 0) is 64.3 Å². The third-order valence-electron chi connectivity index (χ3n) is 6.00. The number of amides is 1. The Hall–Kier alpha value is -2.79. The number of nitrogens with one attached hydrogen (secondary N) is 1. The van der Waals surface area contributed by atoms with Crippen LogP contribution in [0.1, 0.15) is 75.4 Å². The van der Waals surface area contributed by atoms with Crippen LogP contribution < -0.4 is 5.32 Å². The van der Waals surface area contributed by atoms with E-state index < -0.39 is 36.0 Å². The van der Waals surface area contributed by atoms with Crippen molar-refractivity contribution in [2.45, 2.75) is 83.8 Å². The van der Waals surface area contributed by atoms with Crippen LogP contribution in [0.5, 0.6) is 0 Å². The van der Waals surface area contributed by atoms with Gasteiger partial charge in [0.25, 0.3) is 0 Å². The standard InChI is InChI=1S/C26H38N2O8S/c1-4-34-23(30)15-14-18(24(31)28-16-8-11-20(28)26(33)36-6-3)27-19(25(32)35-5-2)10-7-12-21(29)22-13-9-17-37-22/h9,13,17-20,27H,4-8,10-12,14-16H2,1-3H3/t18-,19?,20-/m0/s1. The van der Waals surface area contributed by atoms with Gasteiger partial charge in [-0.25, -0.2) is 4.79 Å². The fourth-order valence-electron chi connectivity index (χ4n) is 4.27. The maximum Gasteiger partial charge on any atom is 0.328 e. The van der Waals surface area contributed by atoms with Gasteiger partial charge in [-0.15, -0.1) is 11.3 Å². The van der Waals surface area contributed by atoms with E-state index in [0.29, 0.717) is 30.7 Å². The summed E-state index contributed by atoms with van der Waals surface area (Å²) in [6.45, 7) is 6.04. The number of nitrogens with zero attached hydrogens (tertiary/aromatic N) is 1. The third kappa shape index (κ3) is 9.55. The molecule has 11 heteroatoms. The molecule has 1 amide bonds. The molecule has 0 aromatic carbocycles. The topological polar surface area (TPSA) is 128 Å². The Morgan fingerprint density at radius 1 is 1.00 bits per heavy atom. The second kappa shape index (κ2) is 16.1. The maximum absolute atomic E-state index is 13.6. The predicted octanol–water partition coefficient (Wildman–Crippen LogP) is 2.89. The van der Waals surface area contributed by atoms with E-state index in [1.807, 2.05) is 11.4 Å². The maximum atomic E-state index is 13.6. The van der Waals surface area contributed by atoms with Crippen molar-refractivity contribution in [1.29, 1.82) is 0 Å². The molecule has 2 heterocycles. The number of esters is 3. The van der Waals surface area contributed by atoms with Crippen LogP contribution in [0.2, 0.25) is 0 Å². The van der Waals surface area contributed by atoms with Crippen molar-refractivity contribution in [2.24, 2.45) is 0 Å². The molecule has 2 rings (SSSR count). The van der Waals surface area contributed by atoms with E-state index in [9.17, 15) is 24.0 Å². The summed E-state index contributed by atoms with van der Waals surface area (Å²) < 4.78 is 15.4. The molecule has 0 spiro atoms. The molecular formula is C26H38N2O8S. The zero-order valence-corrected chi connectivity index (χ0v) is 22.7. The van der Waals surface area contributed by atoms with Crippen LogP contribution in [-0.4, -0.2) is 79.0 Å². The first-order valence-electron chi connectivity index (χ1n) is 12.9. The predicted molar refractivity (Wildman–Crippen MR) is 137 cm³/mol. The lowest BCUT2D eigenvalue weighted by Gasteiger charge is -2.30. The summed E-state index contributed by atoms with van der Waals surface area (Å²) in [7, 11) is 0. The molecule has 3 atom stereocenters. The SMILES string of the molecule is CCOC(=O)CC[C@H](NC(CCCC(=O)c1cccs1)C(=O)OCC)C(=O)N1CCC[C@H]1C(=O)OCC. The van der Waals surface area contributed by atoms with Crippen LogP contribution in [0.3, 0.4) is 0 Å². The molecule has 0 aliphatic carbocycles. The van der Waals surface area contributed by atoms with Crippen molar-refractivity contribution < 1.29 is 38.2 Å². The van der Waals surface area contributed by atoms with E-state index in [1.54, 1.807) is 26.8 Å². The van der Waals surface area contributed by atoms with Crippen molar-refractivity contribution in [3.05, 3.63) is 22.4 Å². The van der Waals surface area contributed by atoms with Crippen molar-refractivity contribution in [3.8, 4) is 0 Å². The summed E-state index contributed by atoms with van der Waals surface area (Å²) in [5.41, 5.74) is 0. The Kier molecular flexibility index (Phi) is 13.3. The minimum Gasteiger partial charge on any atom is -0.466 e. The molecule has 1 aromatic rings. The summed E-state index contributed by atoms with van der Waals surface area (Å²) in [6, 6.07) is 1.07. The highest BCUT2D eigenvalue weighted by Crippen LogP contribution is 2.22. The highest BCUT2D eigenvalue weighted by Gasteiger charge is 2.39. The molecular weight excluding hydrogens is 500 g/mol. The zero-order valence-electron chi connectivity index (χ0n) is 21.9. The highest BCUT2D eigenvalue weighted by atomic mass is 32.1. The quantitative estimate of drug-likeness (QED) is 0.192. The van der Waals surface area contributed by atoms with E-state index in [2.05, 4.69) is 5.32 Å². The van der Waals surface area contributed by atoms with Crippen LogP contribution >= 0.6 is 11.3 Å². The first kappa shape index (κ1) is 30.4. The normalized spacial score (nSPS) is 16.6. The van der Waals surface area contributed by atoms with Crippen molar-refractivity contribution >= 4 is 40.9 Å². The molecule has 0 radical (unpaired) electrons. The lowest BCUT2D eigenvalue weighted by atomic mass is 10.0. The monoisotopic (exact) mass is 538 g/mol. The van der Waals surface area contributed by atoms with Gasteiger partial charge in [-0.1, -0.05) is 6.07 Å². The lowest BCUT2D eigenvalue weighted by Crippen LogP contribution is -2.54. The second-order valence-electron chi connectivity index (χ2n) is 8.60. The van der Waals surface area contributed by atoms with Crippen LogP contribution in [0.25, 0.3) is 0 Å². The highest BCUT2D eigenvalue weighted by molar-refractivity contribution is 7.12. The van der Waals surface area contributed by atoms with Gasteiger partial charge < -0.3 is 19.1 Å². The zero-order chi connectivity index (χ0) is 27.2. The Labute approximate surface area is 222 Å². The summed E-state index contributed by atoms with van der Waals surface area (Å²) in [4.78, 5) is 65.4. The van der Waals surface area contributed by atoms with Gasteiger partial charge in [-0.3, -0.25) is 24.5 Å². The lowest BCUT2D eigenvalue weighted by molar-refractivity contribution is -0.154. The molecule has 1 aliphatic rings.